The quantitative estimate of drug-likeness (QED) is 0.728. The number of hydrogen-bond acceptors (Lipinski definition) is 4. The van der Waals surface area contributed by atoms with Crippen molar-refractivity contribution >= 4 is 11.8 Å². The second-order valence-electron chi connectivity index (χ2n) is 4.12. The average Bonchev–Trinajstić information content (AvgIpc) is 2.80. The highest BCUT2D eigenvalue weighted by atomic mass is 16.2. The highest BCUT2D eigenvalue weighted by molar-refractivity contribution is 5.94. The Hall–Kier alpha value is -1.92. The molecule has 2 rings (SSSR count). The molecule has 0 radical (unpaired) electrons. The van der Waals surface area contributed by atoms with Gasteiger partial charge in [-0.2, -0.15) is 5.10 Å². The molecule has 0 bridgehead atoms. The molecule has 92 valence electrons. The molecule has 1 aromatic rings. The smallest absolute Gasteiger partial charge is 0.289 e. The van der Waals surface area contributed by atoms with Gasteiger partial charge in [-0.15, -0.1) is 0 Å². The second kappa shape index (κ2) is 4.94. The zero-order valence-electron chi connectivity index (χ0n) is 9.64. The lowest BCUT2D eigenvalue weighted by atomic mass is 10.1. The van der Waals surface area contributed by atoms with Gasteiger partial charge in [-0.05, 0) is 19.3 Å². The number of amides is 2. The molecule has 0 saturated carbocycles. The molecule has 17 heavy (non-hydrogen) atoms. The Kier molecular flexibility index (Phi) is 3.36. The van der Waals surface area contributed by atoms with E-state index >= 15 is 0 Å². The largest absolute Gasteiger partial charge is 0.344 e. The van der Waals surface area contributed by atoms with E-state index in [4.69, 9.17) is 0 Å². The third-order valence-electron chi connectivity index (χ3n) is 2.85. The van der Waals surface area contributed by atoms with E-state index in [2.05, 4.69) is 20.5 Å². The van der Waals surface area contributed by atoms with Crippen molar-refractivity contribution in [2.45, 2.75) is 25.3 Å². The van der Waals surface area contributed by atoms with Gasteiger partial charge in [0, 0.05) is 13.6 Å². The fraction of sp³-hybridized carbons (Fsp3) is 0.600. The fourth-order valence-electron chi connectivity index (χ4n) is 1.87. The van der Waals surface area contributed by atoms with Crippen LogP contribution in [0.2, 0.25) is 0 Å². The number of aromatic nitrogens is 3. The predicted molar refractivity (Wildman–Crippen MR) is 59.1 cm³/mol. The molecule has 0 unspecified atom stereocenters. The van der Waals surface area contributed by atoms with Gasteiger partial charge in [0.25, 0.3) is 5.91 Å². The SMILES string of the molecule is CN1CCCC[C@H](NC(=O)c2ncn[nH]2)C1=O. The third kappa shape index (κ3) is 2.61. The molecule has 1 atom stereocenters. The predicted octanol–water partition coefficient (Wildman–Crippen LogP) is -0.455. The number of likely N-dealkylation sites (tertiary alicyclic amines) is 1. The minimum Gasteiger partial charge on any atom is -0.344 e. The topological polar surface area (TPSA) is 91.0 Å². The maximum atomic E-state index is 11.9. The lowest BCUT2D eigenvalue weighted by molar-refractivity contribution is -0.131. The molecular weight excluding hydrogens is 222 g/mol. The highest BCUT2D eigenvalue weighted by Crippen LogP contribution is 2.10. The number of nitrogens with one attached hydrogen (secondary N) is 2. The number of carbonyl (C=O) groups excluding carboxylic acids is 2. The molecule has 0 aromatic carbocycles. The number of carbonyl (C=O) groups is 2. The molecule has 2 heterocycles. The molecule has 1 aliphatic heterocycles. The molecule has 7 heteroatoms. The highest BCUT2D eigenvalue weighted by Gasteiger charge is 2.26. The van der Waals surface area contributed by atoms with Gasteiger partial charge in [-0.3, -0.25) is 14.7 Å². The fourth-order valence-corrected chi connectivity index (χ4v) is 1.87. The monoisotopic (exact) mass is 237 g/mol. The Morgan fingerprint density at radius 3 is 3.12 bits per heavy atom. The van der Waals surface area contributed by atoms with Crippen LogP contribution in [-0.4, -0.2) is 51.5 Å². The van der Waals surface area contributed by atoms with Crippen molar-refractivity contribution in [1.82, 2.24) is 25.4 Å². The van der Waals surface area contributed by atoms with E-state index in [9.17, 15) is 9.59 Å². The van der Waals surface area contributed by atoms with Crippen LogP contribution >= 0.6 is 0 Å². The van der Waals surface area contributed by atoms with Crippen LogP contribution in [-0.2, 0) is 4.79 Å². The summed E-state index contributed by atoms with van der Waals surface area (Å²) < 4.78 is 0. The normalized spacial score (nSPS) is 21.1. The van der Waals surface area contributed by atoms with Gasteiger partial charge < -0.3 is 10.2 Å². The summed E-state index contributed by atoms with van der Waals surface area (Å²) in [5.74, 6) is -0.309. The summed E-state index contributed by atoms with van der Waals surface area (Å²) in [6.07, 6.45) is 3.83. The summed E-state index contributed by atoms with van der Waals surface area (Å²) in [5, 5.41) is 8.74. The Morgan fingerprint density at radius 1 is 1.59 bits per heavy atom. The lowest BCUT2D eigenvalue weighted by Crippen LogP contribution is -2.46. The van der Waals surface area contributed by atoms with Crippen molar-refractivity contribution in [1.29, 1.82) is 0 Å². The van der Waals surface area contributed by atoms with Crippen LogP contribution in [0.3, 0.4) is 0 Å². The van der Waals surface area contributed by atoms with Gasteiger partial charge in [0.2, 0.25) is 11.7 Å². The van der Waals surface area contributed by atoms with Crippen molar-refractivity contribution in [2.75, 3.05) is 13.6 Å². The van der Waals surface area contributed by atoms with Gasteiger partial charge in [-0.25, -0.2) is 4.98 Å². The average molecular weight is 237 g/mol. The number of nitrogens with zero attached hydrogens (tertiary/aromatic N) is 3. The van der Waals surface area contributed by atoms with E-state index in [0.717, 1.165) is 19.4 Å². The number of aromatic amines is 1. The summed E-state index contributed by atoms with van der Waals surface area (Å²) in [7, 11) is 1.75. The summed E-state index contributed by atoms with van der Waals surface area (Å²) >= 11 is 0. The van der Waals surface area contributed by atoms with E-state index in [1.54, 1.807) is 11.9 Å². The van der Waals surface area contributed by atoms with Crippen LogP contribution in [0.15, 0.2) is 6.33 Å². The number of rotatable bonds is 2. The first kappa shape index (κ1) is 11.6. The molecule has 0 spiro atoms. The summed E-state index contributed by atoms with van der Waals surface area (Å²) in [4.78, 5) is 29.0. The lowest BCUT2D eigenvalue weighted by Gasteiger charge is -2.20. The van der Waals surface area contributed by atoms with Gasteiger partial charge in [-0.1, -0.05) is 0 Å². The van der Waals surface area contributed by atoms with Crippen molar-refractivity contribution in [3.05, 3.63) is 12.2 Å². The Balaban J connectivity index is 2.02. The van der Waals surface area contributed by atoms with Crippen LogP contribution in [0.25, 0.3) is 0 Å². The van der Waals surface area contributed by atoms with E-state index in [0.29, 0.717) is 6.42 Å². The molecule has 2 amide bonds. The zero-order chi connectivity index (χ0) is 12.3. The molecule has 1 saturated heterocycles. The molecule has 7 nitrogen and oxygen atoms in total. The van der Waals surface area contributed by atoms with Crippen LogP contribution in [0, 0.1) is 0 Å². The van der Waals surface area contributed by atoms with Crippen molar-refractivity contribution in [3.8, 4) is 0 Å². The van der Waals surface area contributed by atoms with Gasteiger partial charge >= 0.3 is 0 Å². The maximum Gasteiger partial charge on any atom is 0.289 e. The minimum absolute atomic E-state index is 0.0460. The van der Waals surface area contributed by atoms with E-state index < -0.39 is 11.9 Å². The van der Waals surface area contributed by atoms with Crippen molar-refractivity contribution in [3.63, 3.8) is 0 Å². The molecule has 0 aliphatic carbocycles. The van der Waals surface area contributed by atoms with E-state index in [-0.39, 0.29) is 11.7 Å². The second-order valence-corrected chi connectivity index (χ2v) is 4.12. The van der Waals surface area contributed by atoms with Crippen LogP contribution in [0.4, 0.5) is 0 Å². The van der Waals surface area contributed by atoms with Gasteiger partial charge in [0.05, 0.1) is 0 Å². The van der Waals surface area contributed by atoms with Gasteiger partial charge in [0.15, 0.2) is 0 Å². The first-order chi connectivity index (χ1) is 8.18. The standard InChI is InChI=1S/C10H15N5O2/c1-15-5-3-2-4-7(10(15)17)13-9(16)8-11-6-12-14-8/h6-7H,2-5H2,1H3,(H,13,16)(H,11,12,14)/t7-/m0/s1. The first-order valence-corrected chi connectivity index (χ1v) is 5.59. The van der Waals surface area contributed by atoms with Crippen LogP contribution in [0.5, 0.6) is 0 Å². The van der Waals surface area contributed by atoms with E-state index in [1.807, 2.05) is 0 Å². The maximum absolute atomic E-state index is 11.9. The molecule has 1 fully saturated rings. The Bertz CT molecular complexity index is 403. The molecule has 1 aromatic heterocycles. The van der Waals surface area contributed by atoms with Crippen molar-refractivity contribution in [2.24, 2.45) is 0 Å². The number of H-pyrrole nitrogens is 1. The number of hydrogen-bond donors (Lipinski definition) is 2. The summed E-state index contributed by atoms with van der Waals surface area (Å²) in [6.45, 7) is 0.744. The molecular formula is C10H15N5O2. The van der Waals surface area contributed by atoms with Gasteiger partial charge in [0.1, 0.15) is 12.4 Å². The Labute approximate surface area is 98.6 Å². The first-order valence-electron chi connectivity index (χ1n) is 5.59. The number of likely N-dealkylation sites (N-methyl/N-ethyl adjacent to an activating group) is 1. The van der Waals surface area contributed by atoms with Crippen LogP contribution in [0.1, 0.15) is 29.9 Å². The molecule has 1 aliphatic rings. The zero-order valence-corrected chi connectivity index (χ0v) is 9.64. The summed E-state index contributed by atoms with van der Waals surface area (Å²) in [6, 6.07) is -0.458. The summed E-state index contributed by atoms with van der Waals surface area (Å²) in [5.41, 5.74) is 0. The third-order valence-corrected chi connectivity index (χ3v) is 2.85. The van der Waals surface area contributed by atoms with Crippen LogP contribution < -0.4 is 5.32 Å². The van der Waals surface area contributed by atoms with Crippen molar-refractivity contribution < 1.29 is 9.59 Å². The molecule has 2 N–H and O–H groups in total. The minimum atomic E-state index is -0.458. The van der Waals surface area contributed by atoms with E-state index in [1.165, 1.54) is 6.33 Å². The Morgan fingerprint density at radius 2 is 2.41 bits per heavy atom.